The highest BCUT2D eigenvalue weighted by Crippen LogP contribution is 2.02. The quantitative estimate of drug-likeness (QED) is 0.110. The van der Waals surface area contributed by atoms with E-state index in [1.807, 2.05) is 0 Å². The SMILES string of the molecule is CC(NC(=O)C(CC(=O)O)NC(=O)C(N)CCCCN)C(=O)NC(CCC(=O)O)C(=O)O. The fraction of sp³-hybridized carbons (Fsp3) is 0.667. The number of amides is 3. The minimum atomic E-state index is -1.53. The van der Waals surface area contributed by atoms with Gasteiger partial charge in [-0.3, -0.25) is 24.0 Å². The lowest BCUT2D eigenvalue weighted by Crippen LogP contribution is -2.56. The molecule has 32 heavy (non-hydrogen) atoms. The van der Waals surface area contributed by atoms with Crippen molar-refractivity contribution in [3.63, 3.8) is 0 Å². The molecule has 0 bridgehead atoms. The van der Waals surface area contributed by atoms with Crippen LogP contribution in [0.15, 0.2) is 0 Å². The molecule has 4 unspecified atom stereocenters. The number of nitrogens with two attached hydrogens (primary N) is 2. The minimum Gasteiger partial charge on any atom is -0.481 e. The van der Waals surface area contributed by atoms with Crippen LogP contribution in [0.3, 0.4) is 0 Å². The number of hydrogen-bond donors (Lipinski definition) is 8. The summed E-state index contributed by atoms with van der Waals surface area (Å²) < 4.78 is 0. The average molecular weight is 461 g/mol. The topological polar surface area (TPSA) is 251 Å². The van der Waals surface area contributed by atoms with Crippen LogP contribution in [0.1, 0.15) is 45.4 Å². The molecule has 0 saturated carbocycles. The molecule has 0 aromatic carbocycles. The van der Waals surface area contributed by atoms with Gasteiger partial charge in [0.2, 0.25) is 17.7 Å². The first-order chi connectivity index (χ1) is 14.9. The molecule has 3 amide bonds. The molecular formula is C18H31N5O9. The number of aliphatic carboxylic acids is 3. The second kappa shape index (κ2) is 14.7. The Morgan fingerprint density at radius 1 is 0.781 bits per heavy atom. The highest BCUT2D eigenvalue weighted by Gasteiger charge is 2.29. The first-order valence-electron chi connectivity index (χ1n) is 9.92. The van der Waals surface area contributed by atoms with E-state index >= 15 is 0 Å². The molecule has 0 heterocycles. The summed E-state index contributed by atoms with van der Waals surface area (Å²) in [5.41, 5.74) is 11.1. The van der Waals surface area contributed by atoms with Gasteiger partial charge in [-0.05, 0) is 32.7 Å². The van der Waals surface area contributed by atoms with E-state index in [1.165, 1.54) is 6.92 Å². The van der Waals surface area contributed by atoms with Crippen molar-refractivity contribution in [1.29, 1.82) is 0 Å². The van der Waals surface area contributed by atoms with Crippen LogP contribution in [0, 0.1) is 0 Å². The zero-order valence-electron chi connectivity index (χ0n) is 17.7. The van der Waals surface area contributed by atoms with Gasteiger partial charge in [-0.1, -0.05) is 6.42 Å². The van der Waals surface area contributed by atoms with E-state index in [0.29, 0.717) is 19.4 Å². The van der Waals surface area contributed by atoms with Gasteiger partial charge in [0.15, 0.2) is 0 Å². The molecule has 4 atom stereocenters. The van der Waals surface area contributed by atoms with Crippen LogP contribution in [-0.2, 0) is 28.8 Å². The zero-order valence-corrected chi connectivity index (χ0v) is 17.7. The number of nitrogens with one attached hydrogen (secondary N) is 3. The van der Waals surface area contributed by atoms with Gasteiger partial charge in [0.25, 0.3) is 0 Å². The number of carboxylic acids is 3. The highest BCUT2D eigenvalue weighted by atomic mass is 16.4. The molecule has 0 aliphatic carbocycles. The minimum absolute atomic E-state index is 0.274. The van der Waals surface area contributed by atoms with Crippen LogP contribution in [0.5, 0.6) is 0 Å². The molecule has 0 aliphatic heterocycles. The largest absolute Gasteiger partial charge is 0.481 e. The van der Waals surface area contributed by atoms with E-state index in [1.54, 1.807) is 0 Å². The second-order valence-corrected chi connectivity index (χ2v) is 7.11. The third-order valence-electron chi connectivity index (χ3n) is 4.33. The van der Waals surface area contributed by atoms with Gasteiger partial charge in [0.05, 0.1) is 12.5 Å². The molecule has 14 nitrogen and oxygen atoms in total. The maximum atomic E-state index is 12.4. The Bertz CT molecular complexity index is 700. The van der Waals surface area contributed by atoms with Crippen molar-refractivity contribution in [2.75, 3.05) is 6.54 Å². The Kier molecular flexibility index (Phi) is 13.2. The predicted octanol–water partition coefficient (Wildman–Crippen LogP) is -2.66. The summed E-state index contributed by atoms with van der Waals surface area (Å²) in [6, 6.07) is -5.32. The van der Waals surface area contributed by atoms with Crippen molar-refractivity contribution >= 4 is 35.6 Å². The van der Waals surface area contributed by atoms with Crippen molar-refractivity contribution < 1.29 is 44.1 Å². The molecule has 0 fully saturated rings. The Morgan fingerprint density at radius 3 is 1.88 bits per heavy atom. The zero-order chi connectivity index (χ0) is 24.8. The lowest BCUT2D eigenvalue weighted by Gasteiger charge is -2.22. The normalized spacial score (nSPS) is 14.3. The summed E-state index contributed by atoms with van der Waals surface area (Å²) in [5.74, 6) is -6.78. The van der Waals surface area contributed by atoms with E-state index in [2.05, 4.69) is 16.0 Å². The first kappa shape index (κ1) is 28.7. The monoisotopic (exact) mass is 461 g/mol. The Balaban J connectivity index is 5.02. The lowest BCUT2D eigenvalue weighted by molar-refractivity contribution is -0.144. The number of rotatable bonds is 16. The van der Waals surface area contributed by atoms with Gasteiger partial charge in [-0.25, -0.2) is 4.79 Å². The molecule has 10 N–H and O–H groups in total. The number of carboxylic acid groups (broad SMARTS) is 3. The Morgan fingerprint density at radius 2 is 1.38 bits per heavy atom. The van der Waals surface area contributed by atoms with Crippen LogP contribution in [0.2, 0.25) is 0 Å². The molecule has 0 spiro atoms. The first-order valence-corrected chi connectivity index (χ1v) is 9.92. The standard InChI is InChI=1S/C18H31N5O9/c1-9(15(28)22-11(18(31)32)5-6-13(24)25)21-17(30)12(8-14(26)27)23-16(29)10(20)4-2-3-7-19/h9-12H,2-8,19-20H2,1H3,(H,21,30)(H,22,28)(H,23,29)(H,24,25)(H,26,27)(H,31,32). The van der Waals surface area contributed by atoms with Crippen molar-refractivity contribution in [2.24, 2.45) is 11.5 Å². The van der Waals surface area contributed by atoms with Crippen molar-refractivity contribution in [1.82, 2.24) is 16.0 Å². The summed E-state index contributed by atoms with van der Waals surface area (Å²) in [5, 5.41) is 33.3. The third kappa shape index (κ3) is 11.8. The third-order valence-corrected chi connectivity index (χ3v) is 4.33. The van der Waals surface area contributed by atoms with Gasteiger partial charge in [-0.2, -0.15) is 0 Å². The molecule has 182 valence electrons. The molecule has 0 aromatic heterocycles. The van der Waals surface area contributed by atoms with Gasteiger partial charge in [-0.15, -0.1) is 0 Å². The fourth-order valence-corrected chi connectivity index (χ4v) is 2.50. The molecule has 0 saturated heterocycles. The van der Waals surface area contributed by atoms with Crippen LogP contribution < -0.4 is 27.4 Å². The van der Waals surface area contributed by atoms with Gasteiger partial charge >= 0.3 is 17.9 Å². The predicted molar refractivity (Wildman–Crippen MR) is 109 cm³/mol. The Labute approximate surface area is 184 Å². The Hall–Kier alpha value is -3.26. The molecule has 0 aliphatic rings. The van der Waals surface area contributed by atoms with E-state index in [9.17, 15) is 28.8 Å². The molecule has 0 aromatic rings. The number of unbranched alkanes of at least 4 members (excludes halogenated alkanes) is 1. The number of carbonyl (C=O) groups excluding carboxylic acids is 3. The maximum Gasteiger partial charge on any atom is 0.326 e. The number of hydrogen-bond acceptors (Lipinski definition) is 8. The van der Waals surface area contributed by atoms with Gasteiger partial charge in [0.1, 0.15) is 18.1 Å². The lowest BCUT2D eigenvalue weighted by atomic mass is 10.1. The van der Waals surface area contributed by atoms with E-state index in [0.717, 1.165) is 0 Å². The summed E-state index contributed by atoms with van der Waals surface area (Å²) in [4.78, 5) is 69.6. The van der Waals surface area contributed by atoms with Crippen LogP contribution in [0.25, 0.3) is 0 Å². The average Bonchev–Trinajstić information content (AvgIpc) is 2.69. The molecule has 0 rings (SSSR count). The van der Waals surface area contributed by atoms with E-state index in [-0.39, 0.29) is 12.8 Å². The number of carbonyl (C=O) groups is 6. The smallest absolute Gasteiger partial charge is 0.326 e. The fourth-order valence-electron chi connectivity index (χ4n) is 2.50. The highest BCUT2D eigenvalue weighted by molar-refractivity contribution is 5.95. The van der Waals surface area contributed by atoms with Crippen LogP contribution in [-0.4, -0.2) is 81.7 Å². The molecule has 0 radical (unpaired) electrons. The van der Waals surface area contributed by atoms with E-state index < -0.39 is 72.6 Å². The molecular weight excluding hydrogens is 430 g/mol. The van der Waals surface area contributed by atoms with Crippen molar-refractivity contribution in [2.45, 2.75) is 69.6 Å². The second-order valence-electron chi connectivity index (χ2n) is 7.11. The maximum absolute atomic E-state index is 12.4. The van der Waals surface area contributed by atoms with Crippen molar-refractivity contribution in [3.8, 4) is 0 Å². The molecule has 14 heteroatoms. The summed E-state index contributed by atoms with van der Waals surface area (Å²) in [7, 11) is 0. The van der Waals surface area contributed by atoms with Gasteiger partial charge < -0.3 is 42.7 Å². The summed E-state index contributed by atoms with van der Waals surface area (Å²) in [6.07, 6.45) is -0.192. The summed E-state index contributed by atoms with van der Waals surface area (Å²) in [6.45, 7) is 1.62. The van der Waals surface area contributed by atoms with Crippen molar-refractivity contribution in [3.05, 3.63) is 0 Å². The van der Waals surface area contributed by atoms with Crippen LogP contribution >= 0.6 is 0 Å². The van der Waals surface area contributed by atoms with Crippen LogP contribution in [0.4, 0.5) is 0 Å². The summed E-state index contributed by atoms with van der Waals surface area (Å²) >= 11 is 0. The van der Waals surface area contributed by atoms with E-state index in [4.69, 9.17) is 26.8 Å². The van der Waals surface area contributed by atoms with Gasteiger partial charge in [0, 0.05) is 6.42 Å².